The van der Waals surface area contributed by atoms with Gasteiger partial charge in [-0.2, -0.15) is 18.3 Å². The van der Waals surface area contributed by atoms with Gasteiger partial charge in [0.2, 0.25) is 10.0 Å². The highest BCUT2D eigenvalue weighted by molar-refractivity contribution is 7.89. The van der Waals surface area contributed by atoms with Gasteiger partial charge < -0.3 is 4.90 Å². The molecule has 1 heterocycles. The van der Waals surface area contributed by atoms with Crippen LogP contribution in [-0.2, 0) is 23.2 Å². The number of benzene rings is 2. The number of likely N-dealkylation sites (N-methyl/N-ethyl adjacent to an activating group) is 1. The second-order valence-electron chi connectivity index (χ2n) is 7.58. The fraction of sp³-hybridized carbons (Fsp3) is 0.261. The lowest BCUT2D eigenvalue weighted by molar-refractivity contribution is -0.137. The molecule has 174 valence electrons. The van der Waals surface area contributed by atoms with E-state index in [-0.39, 0.29) is 11.4 Å². The molecule has 1 aromatic heterocycles. The number of aryl methyl sites for hydroxylation is 1. The van der Waals surface area contributed by atoms with E-state index in [1.807, 2.05) is 19.0 Å². The lowest BCUT2D eigenvalue weighted by Gasteiger charge is -2.11. The van der Waals surface area contributed by atoms with Crippen LogP contribution >= 0.6 is 0 Å². The van der Waals surface area contributed by atoms with Crippen molar-refractivity contribution < 1.29 is 21.6 Å². The topological polar surface area (TPSA) is 67.2 Å². The van der Waals surface area contributed by atoms with Crippen molar-refractivity contribution in [3.63, 3.8) is 0 Å². The molecule has 0 atom stereocenters. The van der Waals surface area contributed by atoms with Gasteiger partial charge in [-0.05, 0) is 44.4 Å². The number of nitrogens with one attached hydrogen (secondary N) is 1. The molecule has 0 aliphatic heterocycles. The number of aromatic nitrogens is 2. The first-order chi connectivity index (χ1) is 15.5. The van der Waals surface area contributed by atoms with Crippen LogP contribution in [0.5, 0.6) is 0 Å². The quantitative estimate of drug-likeness (QED) is 0.555. The molecule has 0 unspecified atom stereocenters. The van der Waals surface area contributed by atoms with Gasteiger partial charge in [-0.15, -0.1) is 0 Å². The molecule has 0 aliphatic carbocycles. The molecule has 2 aromatic carbocycles. The van der Waals surface area contributed by atoms with E-state index in [4.69, 9.17) is 0 Å². The maximum Gasteiger partial charge on any atom is 0.416 e. The molecule has 6 nitrogen and oxygen atoms in total. The summed E-state index contributed by atoms with van der Waals surface area (Å²) in [5.74, 6) is 5.88. The zero-order chi connectivity index (χ0) is 24.2. The van der Waals surface area contributed by atoms with E-state index >= 15 is 0 Å². The number of sulfonamides is 1. The third-order valence-corrected chi connectivity index (χ3v) is 6.22. The van der Waals surface area contributed by atoms with Gasteiger partial charge in [0.25, 0.3) is 0 Å². The Morgan fingerprint density at radius 3 is 2.42 bits per heavy atom. The summed E-state index contributed by atoms with van der Waals surface area (Å²) in [6, 6.07) is 11.0. The van der Waals surface area contributed by atoms with Gasteiger partial charge in [-0.1, -0.05) is 30.0 Å². The Morgan fingerprint density at radius 2 is 1.79 bits per heavy atom. The smallest absolute Gasteiger partial charge is 0.308 e. The molecule has 33 heavy (non-hydrogen) atoms. The first kappa shape index (κ1) is 24.5. The van der Waals surface area contributed by atoms with E-state index in [1.165, 1.54) is 35.1 Å². The van der Waals surface area contributed by atoms with E-state index in [0.717, 1.165) is 12.1 Å². The number of hydrogen-bond acceptors (Lipinski definition) is 4. The number of halogens is 3. The van der Waals surface area contributed by atoms with Crippen LogP contribution in [0.25, 0.3) is 11.3 Å². The molecule has 0 fully saturated rings. The average Bonchev–Trinajstić information content (AvgIpc) is 3.12. The Labute approximate surface area is 191 Å². The fourth-order valence-corrected chi connectivity index (χ4v) is 4.12. The minimum Gasteiger partial charge on any atom is -0.308 e. The Balaban J connectivity index is 1.87. The predicted molar refractivity (Wildman–Crippen MR) is 120 cm³/mol. The summed E-state index contributed by atoms with van der Waals surface area (Å²) >= 11 is 0. The van der Waals surface area contributed by atoms with Crippen molar-refractivity contribution in [1.29, 1.82) is 0 Å². The van der Waals surface area contributed by atoms with Gasteiger partial charge in [0.15, 0.2) is 0 Å². The van der Waals surface area contributed by atoms with Crippen molar-refractivity contribution in [1.82, 2.24) is 19.4 Å². The van der Waals surface area contributed by atoms with Crippen molar-refractivity contribution in [2.75, 3.05) is 27.2 Å². The predicted octanol–water partition coefficient (Wildman–Crippen LogP) is 3.35. The molecular formula is C23H23F3N4O2S. The van der Waals surface area contributed by atoms with Crippen LogP contribution in [0, 0.1) is 11.8 Å². The van der Waals surface area contributed by atoms with Crippen LogP contribution < -0.4 is 4.72 Å². The monoisotopic (exact) mass is 476 g/mol. The molecule has 0 radical (unpaired) electrons. The molecular weight excluding hydrogens is 453 g/mol. The highest BCUT2D eigenvalue weighted by Gasteiger charge is 2.30. The summed E-state index contributed by atoms with van der Waals surface area (Å²) in [7, 11) is 1.69. The summed E-state index contributed by atoms with van der Waals surface area (Å²) in [4.78, 5) is 1.97. The molecule has 3 rings (SSSR count). The highest BCUT2D eigenvalue weighted by Crippen LogP contribution is 2.31. The van der Waals surface area contributed by atoms with Crippen LogP contribution in [0.4, 0.5) is 13.2 Å². The van der Waals surface area contributed by atoms with Crippen LogP contribution in [0.2, 0.25) is 0 Å². The molecule has 0 aliphatic rings. The molecule has 10 heteroatoms. The maximum atomic E-state index is 12.9. The minimum atomic E-state index is -4.42. The van der Waals surface area contributed by atoms with Crippen molar-refractivity contribution in [2.45, 2.75) is 11.1 Å². The Kier molecular flexibility index (Phi) is 7.27. The SMILES string of the molecule is CN(C)CCNS(=O)(=O)c1cccc(C#Cc2cnn(C)c2-c2ccc(C(F)(F)F)cc2)c1. The van der Waals surface area contributed by atoms with Crippen molar-refractivity contribution in [2.24, 2.45) is 7.05 Å². The molecule has 0 spiro atoms. The summed E-state index contributed by atoms with van der Waals surface area (Å²) in [6.45, 7) is 0.837. The van der Waals surface area contributed by atoms with E-state index in [1.54, 1.807) is 19.2 Å². The average molecular weight is 477 g/mol. The zero-order valence-electron chi connectivity index (χ0n) is 18.3. The zero-order valence-corrected chi connectivity index (χ0v) is 19.1. The second kappa shape index (κ2) is 9.79. The lowest BCUT2D eigenvalue weighted by atomic mass is 10.1. The third-order valence-electron chi connectivity index (χ3n) is 4.76. The molecule has 3 aromatic rings. The number of nitrogens with zero attached hydrogens (tertiary/aromatic N) is 3. The van der Waals surface area contributed by atoms with Gasteiger partial charge in [-0.25, -0.2) is 13.1 Å². The van der Waals surface area contributed by atoms with E-state index in [2.05, 4.69) is 21.7 Å². The summed E-state index contributed by atoms with van der Waals surface area (Å²) in [5, 5.41) is 4.16. The second-order valence-corrected chi connectivity index (χ2v) is 9.35. The Hall–Kier alpha value is -3.13. The van der Waals surface area contributed by atoms with Crippen LogP contribution in [0.3, 0.4) is 0 Å². The van der Waals surface area contributed by atoms with Gasteiger partial charge in [0.05, 0.1) is 27.9 Å². The van der Waals surface area contributed by atoms with Crippen LogP contribution in [-0.4, -0.2) is 50.3 Å². The van der Waals surface area contributed by atoms with Crippen molar-refractivity contribution in [3.8, 4) is 23.1 Å². The Morgan fingerprint density at radius 1 is 1.09 bits per heavy atom. The maximum absolute atomic E-state index is 12.9. The normalized spacial score (nSPS) is 12.0. The molecule has 0 amide bonds. The van der Waals surface area contributed by atoms with Crippen molar-refractivity contribution >= 4 is 10.0 Å². The van der Waals surface area contributed by atoms with Gasteiger partial charge in [-0.3, -0.25) is 4.68 Å². The standard InChI is InChI=1S/C23H23F3N4O2S/c1-29(2)14-13-28-33(31,32)21-6-4-5-17(15-21)7-8-19-16-27-30(3)22(19)18-9-11-20(12-10-18)23(24,25)26/h4-6,9-12,15-16,28H,13-14H2,1-3H3. The first-order valence-corrected chi connectivity index (χ1v) is 11.4. The van der Waals surface area contributed by atoms with Crippen LogP contribution in [0.1, 0.15) is 16.7 Å². The largest absolute Gasteiger partial charge is 0.416 e. The molecule has 0 saturated heterocycles. The number of rotatable bonds is 6. The van der Waals surface area contributed by atoms with Gasteiger partial charge >= 0.3 is 6.18 Å². The molecule has 1 N–H and O–H groups in total. The highest BCUT2D eigenvalue weighted by atomic mass is 32.2. The molecule has 0 saturated carbocycles. The van der Waals surface area contributed by atoms with E-state index in [9.17, 15) is 21.6 Å². The molecule has 0 bridgehead atoms. The summed E-state index contributed by atoms with van der Waals surface area (Å²) in [5.41, 5.74) is 1.35. The van der Waals surface area contributed by atoms with E-state index < -0.39 is 21.8 Å². The Bertz CT molecular complexity index is 1290. The van der Waals surface area contributed by atoms with Gasteiger partial charge in [0, 0.05) is 31.3 Å². The summed E-state index contributed by atoms with van der Waals surface area (Å²) < 4.78 is 67.7. The first-order valence-electron chi connectivity index (χ1n) is 9.93. The lowest BCUT2D eigenvalue weighted by Crippen LogP contribution is -2.31. The van der Waals surface area contributed by atoms with Crippen LogP contribution in [0.15, 0.2) is 59.6 Å². The minimum absolute atomic E-state index is 0.0993. The number of hydrogen-bond donors (Lipinski definition) is 1. The number of alkyl halides is 3. The fourth-order valence-electron chi connectivity index (χ4n) is 3.06. The third kappa shape index (κ3) is 6.22. The van der Waals surface area contributed by atoms with Crippen molar-refractivity contribution in [3.05, 3.63) is 71.4 Å². The van der Waals surface area contributed by atoms with E-state index in [0.29, 0.717) is 28.9 Å². The summed E-state index contributed by atoms with van der Waals surface area (Å²) in [6.07, 6.45) is -2.90. The van der Waals surface area contributed by atoms with Gasteiger partial charge in [0.1, 0.15) is 0 Å².